The first-order valence-corrected chi connectivity index (χ1v) is 9.84. The van der Waals surface area contributed by atoms with Crippen LogP contribution in [0.4, 0.5) is 5.69 Å². The predicted octanol–water partition coefficient (Wildman–Crippen LogP) is 3.41. The molecule has 30 heavy (non-hydrogen) atoms. The van der Waals surface area contributed by atoms with Crippen molar-refractivity contribution in [3.63, 3.8) is 0 Å². The van der Waals surface area contributed by atoms with Gasteiger partial charge in [-0.1, -0.05) is 30.0 Å². The van der Waals surface area contributed by atoms with Gasteiger partial charge in [0.15, 0.2) is 18.1 Å². The lowest BCUT2D eigenvalue weighted by atomic mass is 10.2. The standard InChI is InChI=1S/C20H21N3O6S/c1-25-15-9-13(10-16(26-2)19(15)27-3)21-17(24)12-30-20-23-22-18(29-20)11-28-14-7-5-4-6-8-14/h4-10H,11-12H2,1-3H3,(H,21,24). The number of anilines is 1. The second kappa shape index (κ2) is 10.4. The van der Waals surface area contributed by atoms with E-state index in [0.29, 0.717) is 34.6 Å². The minimum Gasteiger partial charge on any atom is -0.493 e. The number of carbonyl (C=O) groups is 1. The zero-order valence-electron chi connectivity index (χ0n) is 16.7. The average Bonchev–Trinajstić information content (AvgIpc) is 3.24. The van der Waals surface area contributed by atoms with Crippen molar-refractivity contribution in [1.29, 1.82) is 0 Å². The topological polar surface area (TPSA) is 105 Å². The summed E-state index contributed by atoms with van der Waals surface area (Å²) in [5, 5.41) is 10.9. The lowest BCUT2D eigenvalue weighted by molar-refractivity contribution is -0.113. The van der Waals surface area contributed by atoms with Crippen LogP contribution in [0, 0.1) is 0 Å². The van der Waals surface area contributed by atoms with Gasteiger partial charge >= 0.3 is 0 Å². The third-order valence-electron chi connectivity index (χ3n) is 3.83. The number of nitrogens with one attached hydrogen (secondary N) is 1. The van der Waals surface area contributed by atoms with Crippen LogP contribution in [0.3, 0.4) is 0 Å². The Morgan fingerprint density at radius 2 is 1.73 bits per heavy atom. The highest BCUT2D eigenvalue weighted by Crippen LogP contribution is 2.39. The van der Waals surface area contributed by atoms with E-state index in [4.69, 9.17) is 23.4 Å². The van der Waals surface area contributed by atoms with Gasteiger partial charge in [-0.25, -0.2) is 0 Å². The molecule has 0 spiro atoms. The summed E-state index contributed by atoms with van der Waals surface area (Å²) in [5.74, 6) is 2.19. The van der Waals surface area contributed by atoms with Crippen LogP contribution in [-0.4, -0.2) is 43.2 Å². The molecule has 9 nitrogen and oxygen atoms in total. The second-order valence-electron chi connectivity index (χ2n) is 5.81. The molecule has 0 aliphatic carbocycles. The van der Waals surface area contributed by atoms with Crippen molar-refractivity contribution in [2.24, 2.45) is 0 Å². The summed E-state index contributed by atoms with van der Waals surface area (Å²) in [6.45, 7) is 0.148. The van der Waals surface area contributed by atoms with E-state index in [9.17, 15) is 4.79 Å². The number of benzene rings is 2. The zero-order valence-corrected chi connectivity index (χ0v) is 17.5. The first kappa shape index (κ1) is 21.3. The van der Waals surface area contributed by atoms with Gasteiger partial charge in [0.25, 0.3) is 11.1 Å². The van der Waals surface area contributed by atoms with E-state index in [2.05, 4.69) is 15.5 Å². The zero-order chi connectivity index (χ0) is 21.3. The van der Waals surface area contributed by atoms with Crippen LogP contribution in [-0.2, 0) is 11.4 Å². The average molecular weight is 431 g/mol. The largest absolute Gasteiger partial charge is 0.493 e. The van der Waals surface area contributed by atoms with Crippen LogP contribution in [0.2, 0.25) is 0 Å². The molecule has 1 aromatic heterocycles. The van der Waals surface area contributed by atoms with Crippen molar-refractivity contribution in [2.45, 2.75) is 11.8 Å². The highest BCUT2D eigenvalue weighted by molar-refractivity contribution is 7.99. The van der Waals surface area contributed by atoms with Gasteiger partial charge in [-0.2, -0.15) is 0 Å². The molecule has 3 rings (SSSR count). The van der Waals surface area contributed by atoms with Crippen molar-refractivity contribution >= 4 is 23.4 Å². The number of hydrogen-bond acceptors (Lipinski definition) is 9. The molecule has 0 saturated carbocycles. The number of aromatic nitrogens is 2. The number of amides is 1. The van der Waals surface area contributed by atoms with Gasteiger partial charge in [-0.05, 0) is 12.1 Å². The molecule has 158 valence electrons. The van der Waals surface area contributed by atoms with E-state index < -0.39 is 0 Å². The molecule has 0 fully saturated rings. The van der Waals surface area contributed by atoms with E-state index in [1.54, 1.807) is 12.1 Å². The van der Waals surface area contributed by atoms with E-state index in [-0.39, 0.29) is 23.5 Å². The Labute approximate surface area is 177 Å². The fourth-order valence-electron chi connectivity index (χ4n) is 2.49. The molecule has 0 atom stereocenters. The lowest BCUT2D eigenvalue weighted by Crippen LogP contribution is -2.14. The van der Waals surface area contributed by atoms with Gasteiger partial charge in [0.2, 0.25) is 11.7 Å². The van der Waals surface area contributed by atoms with E-state index in [1.807, 2.05) is 30.3 Å². The minimum atomic E-state index is -0.255. The predicted molar refractivity (Wildman–Crippen MR) is 111 cm³/mol. The summed E-state index contributed by atoms with van der Waals surface area (Å²) in [6, 6.07) is 12.6. The number of nitrogens with zero attached hydrogens (tertiary/aromatic N) is 2. The van der Waals surface area contributed by atoms with Crippen LogP contribution < -0.4 is 24.3 Å². The second-order valence-corrected chi connectivity index (χ2v) is 6.74. The van der Waals surface area contributed by atoms with Gasteiger partial charge < -0.3 is 28.7 Å². The van der Waals surface area contributed by atoms with Gasteiger partial charge in [-0.3, -0.25) is 4.79 Å². The van der Waals surface area contributed by atoms with Crippen LogP contribution >= 0.6 is 11.8 Å². The fourth-order valence-corrected chi connectivity index (χ4v) is 3.07. The Balaban J connectivity index is 1.53. The van der Waals surface area contributed by atoms with Crippen molar-refractivity contribution in [1.82, 2.24) is 10.2 Å². The van der Waals surface area contributed by atoms with Gasteiger partial charge in [0, 0.05) is 17.8 Å². The molecular weight excluding hydrogens is 410 g/mol. The molecule has 1 heterocycles. The summed E-state index contributed by atoms with van der Waals surface area (Å²) in [7, 11) is 4.53. The number of hydrogen-bond donors (Lipinski definition) is 1. The van der Waals surface area contributed by atoms with Crippen molar-refractivity contribution in [3.05, 3.63) is 48.4 Å². The molecule has 1 amide bonds. The molecule has 3 aromatic rings. The quantitative estimate of drug-likeness (QED) is 0.484. The first-order chi connectivity index (χ1) is 14.6. The number of methoxy groups -OCH3 is 3. The molecule has 0 unspecified atom stereocenters. The summed E-state index contributed by atoms with van der Waals surface area (Å²) < 4.78 is 26.9. The maximum Gasteiger partial charge on any atom is 0.277 e. The van der Waals surface area contributed by atoms with E-state index >= 15 is 0 Å². The number of thioether (sulfide) groups is 1. The molecule has 1 N–H and O–H groups in total. The molecule has 0 aliphatic rings. The van der Waals surface area contributed by atoms with Crippen molar-refractivity contribution in [3.8, 4) is 23.0 Å². The van der Waals surface area contributed by atoms with Crippen LogP contribution in [0.25, 0.3) is 0 Å². The number of para-hydroxylation sites is 1. The molecule has 2 aromatic carbocycles. The third-order valence-corrected chi connectivity index (χ3v) is 4.65. The molecule has 0 radical (unpaired) electrons. The Hall–Kier alpha value is -3.40. The van der Waals surface area contributed by atoms with E-state index in [1.165, 1.54) is 21.3 Å². The smallest absolute Gasteiger partial charge is 0.277 e. The van der Waals surface area contributed by atoms with E-state index in [0.717, 1.165) is 11.8 Å². The molecule has 0 aliphatic heterocycles. The maximum absolute atomic E-state index is 12.3. The Bertz CT molecular complexity index is 955. The number of ether oxygens (including phenoxy) is 4. The third kappa shape index (κ3) is 5.57. The van der Waals surface area contributed by atoms with Crippen LogP contribution in [0.5, 0.6) is 23.0 Å². The van der Waals surface area contributed by atoms with Crippen LogP contribution in [0.15, 0.2) is 52.1 Å². The lowest BCUT2D eigenvalue weighted by Gasteiger charge is -2.14. The van der Waals surface area contributed by atoms with Crippen molar-refractivity contribution < 1.29 is 28.2 Å². The summed E-state index contributed by atoms with van der Waals surface area (Å²) in [5.41, 5.74) is 0.512. The molecule has 10 heteroatoms. The van der Waals surface area contributed by atoms with Crippen molar-refractivity contribution in [2.75, 3.05) is 32.4 Å². The normalized spacial score (nSPS) is 10.4. The van der Waals surface area contributed by atoms with Crippen LogP contribution in [0.1, 0.15) is 5.89 Å². The Morgan fingerprint density at radius 1 is 1.03 bits per heavy atom. The molecule has 0 saturated heterocycles. The number of rotatable bonds is 10. The molecule has 0 bridgehead atoms. The van der Waals surface area contributed by atoms with Gasteiger partial charge in [-0.15, -0.1) is 10.2 Å². The summed E-state index contributed by atoms with van der Waals surface area (Å²) in [4.78, 5) is 12.3. The summed E-state index contributed by atoms with van der Waals surface area (Å²) in [6.07, 6.45) is 0. The monoisotopic (exact) mass is 431 g/mol. The highest BCUT2D eigenvalue weighted by Gasteiger charge is 2.15. The highest BCUT2D eigenvalue weighted by atomic mass is 32.2. The Morgan fingerprint density at radius 3 is 2.37 bits per heavy atom. The summed E-state index contributed by atoms with van der Waals surface area (Å²) >= 11 is 1.12. The fraction of sp³-hybridized carbons (Fsp3) is 0.250. The maximum atomic E-state index is 12.3. The molecular formula is C20H21N3O6S. The Kier molecular flexibility index (Phi) is 7.39. The SMILES string of the molecule is COc1cc(NC(=O)CSc2nnc(COc3ccccc3)o2)cc(OC)c1OC. The first-order valence-electron chi connectivity index (χ1n) is 8.85. The van der Waals surface area contributed by atoms with Gasteiger partial charge in [0.05, 0.1) is 27.1 Å². The number of carbonyl (C=O) groups excluding carboxylic acids is 1. The van der Waals surface area contributed by atoms with Gasteiger partial charge in [0.1, 0.15) is 5.75 Å². The minimum absolute atomic E-state index is 0.0812.